The molecule has 0 saturated heterocycles. The number of anilines is 6. The predicted octanol–water partition coefficient (Wildman–Crippen LogP) is 12.9. The van der Waals surface area contributed by atoms with E-state index in [9.17, 15) is 0 Å². The van der Waals surface area contributed by atoms with Crippen LogP contribution in [0.25, 0.3) is 21.5 Å². The highest BCUT2D eigenvalue weighted by Crippen LogP contribution is 2.60. The van der Waals surface area contributed by atoms with Gasteiger partial charge >= 0.3 is 0 Å². The Kier molecular flexibility index (Phi) is 7.58. The highest BCUT2D eigenvalue weighted by Gasteiger charge is 2.53. The van der Waals surface area contributed by atoms with Crippen LogP contribution in [0.4, 0.5) is 34.1 Å². The number of hydrogen-bond acceptors (Lipinski definition) is 3. The molecule has 284 valence electrons. The largest absolute Gasteiger partial charge is 0.310 e. The molecule has 0 aromatic heterocycles. The lowest BCUT2D eigenvalue weighted by molar-refractivity contribution is 0.749. The van der Waals surface area contributed by atoms with Crippen molar-refractivity contribution in [3.8, 4) is 0 Å². The Morgan fingerprint density at radius 3 is 1.72 bits per heavy atom. The maximum atomic E-state index is 2.59. The van der Waals surface area contributed by atoms with Gasteiger partial charge in [0.15, 0.2) is 0 Å². The van der Waals surface area contributed by atoms with Gasteiger partial charge in [0.1, 0.15) is 0 Å². The summed E-state index contributed by atoms with van der Waals surface area (Å²) >= 11 is 1.91. The summed E-state index contributed by atoms with van der Waals surface area (Å²) in [7, 11) is 0. The van der Waals surface area contributed by atoms with Gasteiger partial charge in [-0.05, 0) is 104 Å². The fourth-order valence-corrected chi connectivity index (χ4v) is 12.1. The Morgan fingerprint density at radius 1 is 0.393 bits per heavy atom. The Hall–Kier alpha value is -7.27. The molecule has 0 radical (unpaired) electrons. The van der Waals surface area contributed by atoms with Crippen molar-refractivity contribution in [2.24, 2.45) is 0 Å². The molecule has 0 spiro atoms. The van der Waals surface area contributed by atoms with Gasteiger partial charge in [0, 0.05) is 21.7 Å². The van der Waals surface area contributed by atoms with Crippen LogP contribution in [0.1, 0.15) is 22.3 Å². The molecule has 0 aliphatic carbocycles. The Morgan fingerprint density at radius 2 is 0.967 bits per heavy atom. The summed E-state index contributed by atoms with van der Waals surface area (Å²) in [6, 6.07) is 83.9. The van der Waals surface area contributed by atoms with Crippen LogP contribution in [0.15, 0.2) is 234 Å². The van der Waals surface area contributed by atoms with Crippen molar-refractivity contribution in [1.82, 2.24) is 0 Å². The van der Waals surface area contributed by atoms with E-state index in [0.29, 0.717) is 0 Å². The van der Waals surface area contributed by atoms with E-state index < -0.39 is 5.41 Å². The van der Waals surface area contributed by atoms with Crippen molar-refractivity contribution >= 4 is 90.5 Å². The Labute approximate surface area is 360 Å². The molecule has 0 amide bonds. The van der Waals surface area contributed by atoms with Gasteiger partial charge in [-0.3, -0.25) is 0 Å². The maximum absolute atomic E-state index is 2.59. The minimum atomic E-state index is -0.633. The number of fused-ring (bicyclic) bond motifs is 9. The normalized spacial score (nSPS) is 14.2. The van der Waals surface area contributed by atoms with Crippen molar-refractivity contribution in [3.63, 3.8) is 0 Å². The summed E-state index contributed by atoms with van der Waals surface area (Å²) < 4.78 is 0. The monoisotopic (exact) mass is 792 g/mol. The van der Waals surface area contributed by atoms with Crippen LogP contribution in [0.3, 0.4) is 0 Å². The van der Waals surface area contributed by atoms with Crippen molar-refractivity contribution in [1.29, 1.82) is 0 Å². The molecule has 10 aromatic rings. The molecular formula is C57H37BN2S. The Balaban J connectivity index is 1.24. The predicted molar refractivity (Wildman–Crippen MR) is 258 cm³/mol. The number of nitrogens with zero attached hydrogens (tertiary/aromatic N) is 2. The van der Waals surface area contributed by atoms with Gasteiger partial charge in [-0.15, -0.1) is 0 Å². The van der Waals surface area contributed by atoms with Gasteiger partial charge in [0.2, 0.25) is 6.71 Å². The summed E-state index contributed by atoms with van der Waals surface area (Å²) in [5.74, 6) is 0. The molecule has 13 rings (SSSR count). The molecule has 4 heteroatoms. The first-order valence-electron chi connectivity index (χ1n) is 21.1. The maximum Gasteiger partial charge on any atom is 0.247 e. The molecule has 3 heterocycles. The van der Waals surface area contributed by atoms with Crippen LogP contribution in [0.2, 0.25) is 0 Å². The summed E-state index contributed by atoms with van der Waals surface area (Å²) in [5, 5.41) is 4.94. The standard InChI is InChI=1S/C57H37BN2S/c1-4-22-41(23-5-1)57(42-24-6-2-7-25-42)45-28-12-13-29-47(45)58-48-30-14-15-31-50(48)59(43-26-8-3-9-27-43)55-54(58)46(57)37-52-56(55)61-53-34-17-16-32-51(53)60(52)49-33-18-21-40-35-38-19-10-11-20-39(38)36-44(40)49/h1-37H. The van der Waals surface area contributed by atoms with E-state index in [4.69, 9.17) is 0 Å². The van der Waals surface area contributed by atoms with Crippen molar-refractivity contribution in [3.05, 3.63) is 247 Å². The number of rotatable bonds is 4. The van der Waals surface area contributed by atoms with Crippen LogP contribution < -0.4 is 26.2 Å². The van der Waals surface area contributed by atoms with Crippen LogP contribution >= 0.6 is 11.8 Å². The number of para-hydroxylation sites is 3. The van der Waals surface area contributed by atoms with Gasteiger partial charge in [0.25, 0.3) is 0 Å². The third-order valence-corrected chi connectivity index (χ3v) is 14.5. The summed E-state index contributed by atoms with van der Waals surface area (Å²) in [6.07, 6.45) is 0. The smallest absolute Gasteiger partial charge is 0.247 e. The lowest BCUT2D eigenvalue weighted by Gasteiger charge is -2.50. The molecule has 3 aliphatic rings. The van der Waals surface area contributed by atoms with Crippen molar-refractivity contribution in [2.75, 3.05) is 9.80 Å². The first-order chi connectivity index (χ1) is 30.3. The summed E-state index contributed by atoms with van der Waals surface area (Å²) in [6.45, 7) is 0.0124. The van der Waals surface area contributed by atoms with E-state index in [1.165, 1.54) is 98.4 Å². The van der Waals surface area contributed by atoms with Crippen molar-refractivity contribution in [2.45, 2.75) is 15.2 Å². The second-order valence-electron chi connectivity index (χ2n) is 16.4. The zero-order valence-electron chi connectivity index (χ0n) is 33.2. The third kappa shape index (κ3) is 4.88. The zero-order valence-corrected chi connectivity index (χ0v) is 34.1. The minimum Gasteiger partial charge on any atom is -0.310 e. The van der Waals surface area contributed by atoms with E-state index in [1.807, 2.05) is 11.8 Å². The summed E-state index contributed by atoms with van der Waals surface area (Å²) in [4.78, 5) is 7.65. The molecule has 61 heavy (non-hydrogen) atoms. The zero-order chi connectivity index (χ0) is 40.1. The third-order valence-electron chi connectivity index (χ3n) is 13.3. The van der Waals surface area contributed by atoms with Crippen molar-refractivity contribution < 1.29 is 0 Å². The van der Waals surface area contributed by atoms with Crippen LogP contribution in [-0.4, -0.2) is 6.71 Å². The molecular weight excluding hydrogens is 756 g/mol. The average Bonchev–Trinajstić information content (AvgIpc) is 3.33. The molecule has 0 saturated carbocycles. The molecule has 0 unspecified atom stereocenters. The van der Waals surface area contributed by atoms with Crippen LogP contribution in [-0.2, 0) is 5.41 Å². The number of benzene rings is 10. The molecule has 0 N–H and O–H groups in total. The average molecular weight is 793 g/mol. The van der Waals surface area contributed by atoms with Gasteiger partial charge in [-0.1, -0.05) is 187 Å². The molecule has 10 aromatic carbocycles. The van der Waals surface area contributed by atoms with Gasteiger partial charge in [0.05, 0.1) is 33.1 Å². The minimum absolute atomic E-state index is 0.0124. The van der Waals surface area contributed by atoms with Crippen LogP contribution in [0.5, 0.6) is 0 Å². The van der Waals surface area contributed by atoms with E-state index in [2.05, 4.69) is 234 Å². The van der Waals surface area contributed by atoms with Gasteiger partial charge in [-0.25, -0.2) is 0 Å². The molecule has 0 atom stereocenters. The fraction of sp³-hybridized carbons (Fsp3) is 0.0175. The fourth-order valence-electron chi connectivity index (χ4n) is 10.9. The van der Waals surface area contributed by atoms with Crippen LogP contribution in [0, 0.1) is 0 Å². The molecule has 3 aliphatic heterocycles. The van der Waals surface area contributed by atoms with Gasteiger partial charge in [-0.2, -0.15) is 0 Å². The number of hydrogen-bond donors (Lipinski definition) is 0. The van der Waals surface area contributed by atoms with E-state index in [0.717, 1.165) is 5.69 Å². The topological polar surface area (TPSA) is 6.48 Å². The van der Waals surface area contributed by atoms with E-state index in [-0.39, 0.29) is 6.71 Å². The highest BCUT2D eigenvalue weighted by atomic mass is 32.2. The lowest BCUT2D eigenvalue weighted by atomic mass is 9.29. The van der Waals surface area contributed by atoms with E-state index >= 15 is 0 Å². The first-order valence-corrected chi connectivity index (χ1v) is 21.9. The quantitative estimate of drug-likeness (QED) is 0.129. The first kappa shape index (κ1) is 34.6. The Bertz CT molecular complexity index is 3330. The second kappa shape index (κ2) is 13.4. The van der Waals surface area contributed by atoms with Gasteiger partial charge < -0.3 is 9.80 Å². The molecule has 2 nitrogen and oxygen atoms in total. The lowest BCUT2D eigenvalue weighted by Crippen LogP contribution is -2.65. The summed E-state index contributed by atoms with van der Waals surface area (Å²) in [5.41, 5.74) is 15.7. The molecule has 0 fully saturated rings. The SMILES string of the molecule is c1ccc(N2c3ccccc3B3c4ccccc4C(c4ccccc4)(c4ccccc4)c4cc5c(c2c43)Sc2ccccc2N5c2cccc3cc4ccccc4cc23)cc1. The highest BCUT2D eigenvalue weighted by molar-refractivity contribution is 8.00. The van der Waals surface area contributed by atoms with E-state index in [1.54, 1.807) is 0 Å². The second-order valence-corrected chi connectivity index (χ2v) is 17.4. The molecule has 0 bridgehead atoms.